The van der Waals surface area contributed by atoms with Crippen molar-refractivity contribution in [3.63, 3.8) is 0 Å². The third-order valence-corrected chi connectivity index (χ3v) is 4.58. The number of hydrogen-bond acceptors (Lipinski definition) is 3. The number of carbonyl (C=O) groups excluding carboxylic acids is 2. The maximum absolute atomic E-state index is 12.8. The lowest BCUT2D eigenvalue weighted by Gasteiger charge is -2.24. The second kappa shape index (κ2) is 7.35. The van der Waals surface area contributed by atoms with Crippen LogP contribution >= 0.6 is 0 Å². The molecule has 7 nitrogen and oxygen atoms in total. The Hall–Kier alpha value is -2.57. The fourth-order valence-electron chi connectivity index (χ4n) is 3.14. The van der Waals surface area contributed by atoms with E-state index < -0.39 is 6.04 Å². The average molecular weight is 357 g/mol. The van der Waals surface area contributed by atoms with Crippen molar-refractivity contribution in [1.82, 2.24) is 20.2 Å². The molecule has 0 spiro atoms. The lowest BCUT2D eigenvalue weighted by Crippen LogP contribution is -2.53. The Morgan fingerprint density at radius 1 is 1.15 bits per heavy atom. The van der Waals surface area contributed by atoms with Gasteiger partial charge in [0.15, 0.2) is 0 Å². The smallest absolute Gasteiger partial charge is 0.324 e. The number of aromatic nitrogens is 2. The number of para-hydroxylation sites is 2. The summed E-state index contributed by atoms with van der Waals surface area (Å²) in [5.74, 6) is 0.844. The predicted molar refractivity (Wildman–Crippen MR) is 102 cm³/mol. The van der Waals surface area contributed by atoms with E-state index in [9.17, 15) is 9.59 Å². The van der Waals surface area contributed by atoms with Gasteiger partial charge in [0, 0.05) is 19.6 Å². The number of benzene rings is 1. The fourth-order valence-corrected chi connectivity index (χ4v) is 3.14. The number of nitrogens with zero attached hydrogens (tertiary/aromatic N) is 3. The summed E-state index contributed by atoms with van der Waals surface area (Å²) in [6, 6.07) is 6.99. The first kappa shape index (κ1) is 18.2. The zero-order chi connectivity index (χ0) is 18.8. The van der Waals surface area contributed by atoms with Gasteiger partial charge in [0.1, 0.15) is 6.04 Å². The summed E-state index contributed by atoms with van der Waals surface area (Å²) in [7, 11) is 0. The van der Waals surface area contributed by atoms with Gasteiger partial charge in [-0.25, -0.2) is 9.78 Å². The Morgan fingerprint density at radius 2 is 1.88 bits per heavy atom. The topological polar surface area (TPSA) is 79.3 Å². The van der Waals surface area contributed by atoms with E-state index in [1.54, 1.807) is 4.90 Å². The third-order valence-electron chi connectivity index (χ3n) is 4.58. The average Bonchev–Trinajstić information content (AvgIpc) is 3.16. The number of nitrogens with one attached hydrogen (secondary N) is 2. The molecule has 0 bridgehead atoms. The maximum Gasteiger partial charge on any atom is 0.324 e. The van der Waals surface area contributed by atoms with Gasteiger partial charge in [0.25, 0.3) is 0 Å². The highest BCUT2D eigenvalue weighted by molar-refractivity contribution is 5.96. The van der Waals surface area contributed by atoms with E-state index in [4.69, 9.17) is 0 Å². The summed E-state index contributed by atoms with van der Waals surface area (Å²) in [4.78, 5) is 31.5. The van der Waals surface area contributed by atoms with Crippen molar-refractivity contribution < 1.29 is 9.59 Å². The number of rotatable bonds is 5. The highest BCUT2D eigenvalue weighted by Gasteiger charge is 2.32. The minimum atomic E-state index is -0.570. The molecular formula is C19H27N5O2. The molecule has 0 unspecified atom stereocenters. The van der Waals surface area contributed by atoms with E-state index in [0.29, 0.717) is 31.5 Å². The van der Waals surface area contributed by atoms with Crippen LogP contribution in [0.15, 0.2) is 24.3 Å². The van der Waals surface area contributed by atoms with Gasteiger partial charge in [-0.2, -0.15) is 0 Å². The van der Waals surface area contributed by atoms with Gasteiger partial charge >= 0.3 is 6.03 Å². The van der Waals surface area contributed by atoms with Crippen molar-refractivity contribution in [1.29, 1.82) is 0 Å². The summed E-state index contributed by atoms with van der Waals surface area (Å²) in [5, 5.41) is 5.80. The van der Waals surface area contributed by atoms with Crippen molar-refractivity contribution in [2.24, 2.45) is 11.8 Å². The van der Waals surface area contributed by atoms with Gasteiger partial charge in [0.2, 0.25) is 11.9 Å². The monoisotopic (exact) mass is 357 g/mol. The standard InChI is InChI=1S/C19H27N5O2/c1-12(2)11-20-17(25)16(13(3)4)22-19(26)24-10-9-23-15-8-6-5-7-14(15)21-18(23)24/h5-8,12-13,16H,9-11H2,1-4H3,(H,20,25)(H,22,26)/t16-/m0/s1. The van der Waals surface area contributed by atoms with Crippen molar-refractivity contribution in [3.05, 3.63) is 24.3 Å². The molecule has 0 fully saturated rings. The molecule has 1 atom stereocenters. The van der Waals surface area contributed by atoms with E-state index in [1.807, 2.05) is 56.5 Å². The summed E-state index contributed by atoms with van der Waals surface area (Å²) in [6.45, 7) is 9.79. The van der Waals surface area contributed by atoms with Gasteiger partial charge in [-0.3, -0.25) is 9.69 Å². The molecule has 1 aromatic heterocycles. The SMILES string of the molecule is CC(C)CNC(=O)[C@@H](NC(=O)N1CCn2c1nc1ccccc12)C(C)C. The van der Waals surface area contributed by atoms with Crippen LogP contribution in [0.5, 0.6) is 0 Å². The van der Waals surface area contributed by atoms with Crippen LogP contribution in [0.4, 0.5) is 10.7 Å². The first-order valence-corrected chi connectivity index (χ1v) is 9.19. The van der Waals surface area contributed by atoms with Crippen molar-refractivity contribution in [3.8, 4) is 0 Å². The Labute approximate surface area is 153 Å². The van der Waals surface area contributed by atoms with Gasteiger partial charge in [-0.1, -0.05) is 39.8 Å². The zero-order valence-corrected chi connectivity index (χ0v) is 15.8. The summed E-state index contributed by atoms with van der Waals surface area (Å²) < 4.78 is 2.04. The quantitative estimate of drug-likeness (QED) is 0.862. The molecular weight excluding hydrogens is 330 g/mol. The Kier molecular flexibility index (Phi) is 5.15. The highest BCUT2D eigenvalue weighted by atomic mass is 16.2. The normalized spacial score (nSPS) is 14.8. The molecule has 0 radical (unpaired) electrons. The van der Waals surface area contributed by atoms with Crippen LogP contribution in [-0.4, -0.2) is 40.6 Å². The van der Waals surface area contributed by atoms with Gasteiger partial charge in [0.05, 0.1) is 11.0 Å². The molecule has 1 aliphatic rings. The number of imidazole rings is 1. The molecule has 3 amide bonds. The van der Waals surface area contributed by atoms with Gasteiger partial charge in [-0.15, -0.1) is 0 Å². The van der Waals surface area contributed by atoms with Crippen LogP contribution in [0.2, 0.25) is 0 Å². The van der Waals surface area contributed by atoms with Crippen LogP contribution in [-0.2, 0) is 11.3 Å². The molecule has 2 heterocycles. The lowest BCUT2D eigenvalue weighted by molar-refractivity contribution is -0.124. The van der Waals surface area contributed by atoms with E-state index in [-0.39, 0.29) is 17.9 Å². The molecule has 2 N–H and O–H groups in total. The minimum Gasteiger partial charge on any atom is -0.354 e. The second-order valence-corrected chi connectivity index (χ2v) is 7.51. The molecule has 0 aliphatic carbocycles. The number of amides is 3. The van der Waals surface area contributed by atoms with Gasteiger partial charge in [-0.05, 0) is 24.0 Å². The van der Waals surface area contributed by atoms with E-state index in [2.05, 4.69) is 15.6 Å². The number of hydrogen-bond donors (Lipinski definition) is 2. The number of anilines is 1. The summed E-state index contributed by atoms with van der Waals surface area (Å²) in [6.07, 6.45) is 0. The van der Waals surface area contributed by atoms with Crippen LogP contribution in [0.3, 0.4) is 0 Å². The Morgan fingerprint density at radius 3 is 2.58 bits per heavy atom. The molecule has 1 aromatic carbocycles. The van der Waals surface area contributed by atoms with Crippen molar-refractivity contribution in [2.75, 3.05) is 18.0 Å². The molecule has 7 heteroatoms. The minimum absolute atomic E-state index is 0.00691. The van der Waals surface area contributed by atoms with Crippen LogP contribution < -0.4 is 15.5 Å². The van der Waals surface area contributed by atoms with E-state index >= 15 is 0 Å². The molecule has 0 saturated heterocycles. The largest absolute Gasteiger partial charge is 0.354 e. The summed E-state index contributed by atoms with van der Waals surface area (Å²) in [5.41, 5.74) is 1.89. The second-order valence-electron chi connectivity index (χ2n) is 7.51. The molecule has 140 valence electrons. The highest BCUT2D eigenvalue weighted by Crippen LogP contribution is 2.27. The fraction of sp³-hybridized carbons (Fsp3) is 0.526. The number of fused-ring (bicyclic) bond motifs is 3. The van der Waals surface area contributed by atoms with Crippen LogP contribution in [0.25, 0.3) is 11.0 Å². The molecule has 26 heavy (non-hydrogen) atoms. The lowest BCUT2D eigenvalue weighted by atomic mass is 10.0. The number of carbonyl (C=O) groups is 2. The summed E-state index contributed by atoms with van der Waals surface area (Å²) >= 11 is 0. The van der Waals surface area contributed by atoms with Crippen LogP contribution in [0.1, 0.15) is 27.7 Å². The molecule has 1 aliphatic heterocycles. The van der Waals surface area contributed by atoms with Crippen LogP contribution in [0, 0.1) is 11.8 Å². The maximum atomic E-state index is 12.8. The van der Waals surface area contributed by atoms with Crippen molar-refractivity contribution >= 4 is 28.9 Å². The van der Waals surface area contributed by atoms with Gasteiger partial charge < -0.3 is 15.2 Å². The Balaban J connectivity index is 1.74. The molecule has 3 rings (SSSR count). The van der Waals surface area contributed by atoms with E-state index in [0.717, 1.165) is 11.0 Å². The molecule has 0 saturated carbocycles. The Bertz CT molecular complexity index is 811. The van der Waals surface area contributed by atoms with Crippen molar-refractivity contribution in [2.45, 2.75) is 40.3 Å². The third kappa shape index (κ3) is 3.52. The predicted octanol–water partition coefficient (Wildman–Crippen LogP) is 2.36. The van der Waals surface area contributed by atoms with E-state index in [1.165, 1.54) is 0 Å². The zero-order valence-electron chi connectivity index (χ0n) is 15.8. The first-order valence-electron chi connectivity index (χ1n) is 9.19. The first-order chi connectivity index (χ1) is 12.4. The molecule has 2 aromatic rings. The number of urea groups is 1.